The molecule has 0 aliphatic heterocycles. The molecule has 1 nitrogen and oxygen atoms in total. The zero-order chi connectivity index (χ0) is 13.1. The van der Waals surface area contributed by atoms with E-state index in [1.807, 2.05) is 37.3 Å². The van der Waals surface area contributed by atoms with Gasteiger partial charge >= 0.3 is 0 Å². The smallest absolute Gasteiger partial charge is 0.0631 e. The first-order chi connectivity index (χ1) is 8.58. The zero-order valence-corrected chi connectivity index (χ0v) is 13.7. The second-order valence-corrected chi connectivity index (χ2v) is 6.15. The maximum Gasteiger partial charge on any atom is 0.0631 e. The van der Waals surface area contributed by atoms with Crippen molar-refractivity contribution < 1.29 is 0 Å². The van der Waals surface area contributed by atoms with Gasteiger partial charge in [0.1, 0.15) is 0 Å². The Hall–Kier alpha value is -0.510. The fourth-order valence-corrected chi connectivity index (χ4v) is 3.09. The van der Waals surface area contributed by atoms with Crippen molar-refractivity contribution in [1.82, 2.24) is 0 Å². The summed E-state index contributed by atoms with van der Waals surface area (Å²) in [5, 5.41) is 4.20. The van der Waals surface area contributed by atoms with Gasteiger partial charge in [0.15, 0.2) is 0 Å². The molecule has 2 aromatic rings. The maximum absolute atomic E-state index is 6.11. The van der Waals surface area contributed by atoms with Crippen LogP contribution in [0.25, 0.3) is 0 Å². The first-order valence-corrected chi connectivity index (χ1v) is 7.47. The van der Waals surface area contributed by atoms with Gasteiger partial charge in [-0.1, -0.05) is 29.8 Å². The molecule has 0 fully saturated rings. The molecule has 0 aliphatic carbocycles. The van der Waals surface area contributed by atoms with Crippen molar-refractivity contribution >= 4 is 49.1 Å². The zero-order valence-electron chi connectivity index (χ0n) is 9.81. The number of aryl methyl sites for hydroxylation is 1. The Morgan fingerprint density at radius 1 is 1.11 bits per heavy atom. The molecule has 0 amide bonds. The third kappa shape index (κ3) is 3.28. The Labute approximate surface area is 129 Å². The van der Waals surface area contributed by atoms with Crippen LogP contribution in [0, 0.1) is 6.92 Å². The molecule has 0 unspecified atom stereocenters. The van der Waals surface area contributed by atoms with E-state index in [9.17, 15) is 0 Å². The topological polar surface area (TPSA) is 12.0 Å². The summed E-state index contributed by atoms with van der Waals surface area (Å²) in [6, 6.07) is 12.1. The standard InChI is InChI=1S/C14H12Br2ClN/c1-9-5-6-10(7-13(9)17)8-18-14-11(15)3-2-4-12(14)16/h2-7,18H,8H2,1H3. The van der Waals surface area contributed by atoms with Crippen molar-refractivity contribution in [2.75, 3.05) is 5.32 Å². The van der Waals surface area contributed by atoms with Gasteiger partial charge in [-0.3, -0.25) is 0 Å². The third-order valence-corrected chi connectivity index (χ3v) is 4.40. The van der Waals surface area contributed by atoms with Crippen LogP contribution in [0.4, 0.5) is 5.69 Å². The number of hydrogen-bond donors (Lipinski definition) is 1. The molecule has 0 aromatic heterocycles. The van der Waals surface area contributed by atoms with Gasteiger partial charge in [-0.2, -0.15) is 0 Å². The number of anilines is 1. The SMILES string of the molecule is Cc1ccc(CNc2c(Br)cccc2Br)cc1Cl. The Bertz CT molecular complexity index is 549. The van der Waals surface area contributed by atoms with Gasteiger partial charge in [-0.05, 0) is 68.1 Å². The average molecular weight is 390 g/mol. The summed E-state index contributed by atoms with van der Waals surface area (Å²) in [5.41, 5.74) is 3.31. The van der Waals surface area contributed by atoms with E-state index in [0.29, 0.717) is 0 Å². The van der Waals surface area contributed by atoms with Gasteiger partial charge in [0.2, 0.25) is 0 Å². The predicted molar refractivity (Wildman–Crippen MR) is 85.4 cm³/mol. The summed E-state index contributed by atoms with van der Waals surface area (Å²) in [7, 11) is 0. The van der Waals surface area contributed by atoms with Crippen molar-refractivity contribution in [3.8, 4) is 0 Å². The highest BCUT2D eigenvalue weighted by molar-refractivity contribution is 9.11. The van der Waals surface area contributed by atoms with Gasteiger partial charge in [-0.25, -0.2) is 0 Å². The highest BCUT2D eigenvalue weighted by Gasteiger charge is 2.04. The minimum atomic E-state index is 0.737. The van der Waals surface area contributed by atoms with Crippen molar-refractivity contribution in [3.63, 3.8) is 0 Å². The lowest BCUT2D eigenvalue weighted by Crippen LogP contribution is -2.01. The van der Waals surface area contributed by atoms with Gasteiger partial charge in [-0.15, -0.1) is 0 Å². The van der Waals surface area contributed by atoms with E-state index in [-0.39, 0.29) is 0 Å². The van der Waals surface area contributed by atoms with Gasteiger partial charge in [0.05, 0.1) is 5.69 Å². The van der Waals surface area contributed by atoms with E-state index in [4.69, 9.17) is 11.6 Å². The van der Waals surface area contributed by atoms with Crippen LogP contribution in [0.15, 0.2) is 45.3 Å². The fourth-order valence-electron chi connectivity index (χ4n) is 1.60. The minimum Gasteiger partial charge on any atom is -0.379 e. The molecular formula is C14H12Br2ClN. The summed E-state index contributed by atoms with van der Waals surface area (Å²) >= 11 is 13.2. The van der Waals surface area contributed by atoms with E-state index in [1.54, 1.807) is 0 Å². The second-order valence-electron chi connectivity index (χ2n) is 4.03. The van der Waals surface area contributed by atoms with E-state index >= 15 is 0 Å². The highest BCUT2D eigenvalue weighted by Crippen LogP contribution is 2.31. The Morgan fingerprint density at radius 3 is 2.39 bits per heavy atom. The number of rotatable bonds is 3. The lowest BCUT2D eigenvalue weighted by atomic mass is 10.1. The quantitative estimate of drug-likeness (QED) is 0.701. The van der Waals surface area contributed by atoms with Gasteiger partial charge in [0.25, 0.3) is 0 Å². The highest BCUT2D eigenvalue weighted by atomic mass is 79.9. The van der Waals surface area contributed by atoms with Crippen molar-refractivity contribution in [3.05, 3.63) is 61.5 Å². The van der Waals surface area contributed by atoms with Crippen LogP contribution < -0.4 is 5.32 Å². The molecule has 2 aromatic carbocycles. The summed E-state index contributed by atoms with van der Waals surface area (Å²) in [4.78, 5) is 0. The molecule has 0 bridgehead atoms. The second kappa shape index (κ2) is 6.09. The Kier molecular flexibility index (Phi) is 4.71. The fraction of sp³-hybridized carbons (Fsp3) is 0.143. The molecule has 0 saturated heterocycles. The summed E-state index contributed by atoms with van der Waals surface area (Å²) in [6.07, 6.45) is 0. The Morgan fingerprint density at radius 2 is 1.78 bits per heavy atom. The molecular weight excluding hydrogens is 377 g/mol. The predicted octanol–water partition coefficient (Wildman–Crippen LogP) is 5.79. The molecule has 94 valence electrons. The average Bonchev–Trinajstić information content (AvgIpc) is 2.33. The molecule has 0 aliphatic rings. The number of para-hydroxylation sites is 1. The molecule has 0 atom stereocenters. The van der Waals surface area contributed by atoms with Crippen LogP contribution in [0.1, 0.15) is 11.1 Å². The molecule has 18 heavy (non-hydrogen) atoms. The lowest BCUT2D eigenvalue weighted by molar-refractivity contribution is 1.14. The summed E-state index contributed by atoms with van der Waals surface area (Å²) < 4.78 is 2.07. The molecule has 0 radical (unpaired) electrons. The van der Waals surface area contributed by atoms with Crippen LogP contribution in [0.3, 0.4) is 0 Å². The third-order valence-electron chi connectivity index (χ3n) is 2.67. The first-order valence-electron chi connectivity index (χ1n) is 5.51. The molecule has 1 N–H and O–H groups in total. The molecule has 2 rings (SSSR count). The minimum absolute atomic E-state index is 0.737. The number of halogens is 3. The van der Waals surface area contributed by atoms with Crippen LogP contribution in [-0.2, 0) is 6.54 Å². The normalized spacial score (nSPS) is 10.4. The monoisotopic (exact) mass is 387 g/mol. The van der Waals surface area contributed by atoms with E-state index < -0.39 is 0 Å². The van der Waals surface area contributed by atoms with Crippen LogP contribution >= 0.6 is 43.5 Å². The van der Waals surface area contributed by atoms with Crippen LogP contribution in [-0.4, -0.2) is 0 Å². The summed E-state index contributed by atoms with van der Waals surface area (Å²) in [6.45, 7) is 2.74. The van der Waals surface area contributed by atoms with E-state index in [0.717, 1.165) is 37.3 Å². The van der Waals surface area contributed by atoms with E-state index in [1.165, 1.54) is 0 Å². The van der Waals surface area contributed by atoms with E-state index in [2.05, 4.69) is 43.2 Å². The molecule has 0 heterocycles. The molecule has 4 heteroatoms. The summed E-state index contributed by atoms with van der Waals surface area (Å²) in [5.74, 6) is 0. The van der Waals surface area contributed by atoms with Crippen LogP contribution in [0.5, 0.6) is 0 Å². The molecule has 0 saturated carbocycles. The van der Waals surface area contributed by atoms with Gasteiger partial charge < -0.3 is 5.32 Å². The van der Waals surface area contributed by atoms with Crippen molar-refractivity contribution in [2.45, 2.75) is 13.5 Å². The molecule has 0 spiro atoms. The van der Waals surface area contributed by atoms with Crippen LogP contribution in [0.2, 0.25) is 5.02 Å². The Balaban J connectivity index is 2.14. The lowest BCUT2D eigenvalue weighted by Gasteiger charge is -2.11. The number of nitrogens with one attached hydrogen (secondary N) is 1. The van der Waals surface area contributed by atoms with Crippen molar-refractivity contribution in [1.29, 1.82) is 0 Å². The van der Waals surface area contributed by atoms with Crippen molar-refractivity contribution in [2.24, 2.45) is 0 Å². The number of benzene rings is 2. The first kappa shape index (κ1) is 13.9. The number of hydrogen-bond acceptors (Lipinski definition) is 1. The largest absolute Gasteiger partial charge is 0.379 e. The van der Waals surface area contributed by atoms with Gasteiger partial charge in [0, 0.05) is 20.5 Å². The maximum atomic E-state index is 6.11.